The standard InChI is InChI=1S/C10H17NO3S/c1-8-3-5-10(6-4-8)9(12)7-15(13,14)11(10)2/h8H,3-7H2,1-2H3. The Bertz CT molecular complexity index is 379. The highest BCUT2D eigenvalue weighted by atomic mass is 32.2. The van der Waals surface area contributed by atoms with Gasteiger partial charge in [0.1, 0.15) is 5.75 Å². The average molecular weight is 231 g/mol. The lowest BCUT2D eigenvalue weighted by atomic mass is 9.75. The number of carbonyl (C=O) groups excluding carboxylic acids is 1. The number of carbonyl (C=O) groups is 1. The van der Waals surface area contributed by atoms with Crippen molar-refractivity contribution < 1.29 is 13.2 Å². The number of likely N-dealkylation sites (N-methyl/N-ethyl adjacent to an activating group) is 1. The predicted molar refractivity (Wildman–Crippen MR) is 56.9 cm³/mol. The molecular formula is C10H17NO3S. The van der Waals surface area contributed by atoms with Crippen LogP contribution >= 0.6 is 0 Å². The SMILES string of the molecule is CC1CCC2(CC1)C(=O)CS(=O)(=O)N2C. The maximum absolute atomic E-state index is 11.9. The van der Waals surface area contributed by atoms with E-state index in [2.05, 4.69) is 6.92 Å². The molecule has 1 spiro atoms. The minimum atomic E-state index is -3.32. The fraction of sp³-hybridized carbons (Fsp3) is 0.900. The summed E-state index contributed by atoms with van der Waals surface area (Å²) in [5.74, 6) is 0.217. The van der Waals surface area contributed by atoms with Crippen molar-refractivity contribution in [3.8, 4) is 0 Å². The molecule has 0 atom stereocenters. The molecule has 0 aromatic heterocycles. The zero-order valence-corrected chi connectivity index (χ0v) is 10.0. The summed E-state index contributed by atoms with van der Waals surface area (Å²) in [4.78, 5) is 11.9. The zero-order valence-electron chi connectivity index (χ0n) is 9.19. The van der Waals surface area contributed by atoms with Gasteiger partial charge in [0.05, 0.1) is 5.54 Å². The summed E-state index contributed by atoms with van der Waals surface area (Å²) in [6, 6.07) is 0. The van der Waals surface area contributed by atoms with Crippen LogP contribution in [0.3, 0.4) is 0 Å². The van der Waals surface area contributed by atoms with Crippen LogP contribution < -0.4 is 0 Å². The molecule has 0 N–H and O–H groups in total. The van der Waals surface area contributed by atoms with Crippen molar-refractivity contribution >= 4 is 15.8 Å². The third-order valence-corrected chi connectivity index (χ3v) is 5.76. The maximum Gasteiger partial charge on any atom is 0.221 e. The van der Waals surface area contributed by atoms with Crippen LogP contribution in [0.25, 0.3) is 0 Å². The molecule has 86 valence electrons. The van der Waals surface area contributed by atoms with Crippen molar-refractivity contribution in [1.29, 1.82) is 0 Å². The van der Waals surface area contributed by atoms with Crippen LogP contribution in [0.1, 0.15) is 32.6 Å². The molecule has 2 rings (SSSR count). The van der Waals surface area contributed by atoms with Gasteiger partial charge in [0, 0.05) is 7.05 Å². The Balaban J connectivity index is 2.33. The van der Waals surface area contributed by atoms with E-state index >= 15 is 0 Å². The monoisotopic (exact) mass is 231 g/mol. The molecule has 15 heavy (non-hydrogen) atoms. The smallest absolute Gasteiger partial charge is 0.221 e. The van der Waals surface area contributed by atoms with Crippen molar-refractivity contribution in [2.45, 2.75) is 38.1 Å². The first-order valence-corrected chi connectivity index (χ1v) is 6.99. The number of sulfonamides is 1. The summed E-state index contributed by atoms with van der Waals surface area (Å²) >= 11 is 0. The van der Waals surface area contributed by atoms with Crippen LogP contribution in [0.4, 0.5) is 0 Å². The van der Waals surface area contributed by atoms with Gasteiger partial charge < -0.3 is 0 Å². The Morgan fingerprint density at radius 3 is 2.27 bits per heavy atom. The lowest BCUT2D eigenvalue weighted by Crippen LogP contribution is -2.49. The van der Waals surface area contributed by atoms with E-state index in [1.807, 2.05) is 0 Å². The molecule has 0 aromatic carbocycles. The van der Waals surface area contributed by atoms with Crippen molar-refractivity contribution in [2.75, 3.05) is 12.8 Å². The van der Waals surface area contributed by atoms with Crippen molar-refractivity contribution in [3.05, 3.63) is 0 Å². The predicted octanol–water partition coefficient (Wildman–Crippen LogP) is 0.780. The number of ketones is 1. The van der Waals surface area contributed by atoms with Crippen LogP contribution in [0, 0.1) is 5.92 Å². The normalized spacial score (nSPS) is 41.2. The molecular weight excluding hydrogens is 214 g/mol. The first-order valence-electron chi connectivity index (χ1n) is 5.38. The lowest BCUT2D eigenvalue weighted by molar-refractivity contribution is -0.125. The largest absolute Gasteiger partial charge is 0.296 e. The fourth-order valence-electron chi connectivity index (χ4n) is 2.67. The third-order valence-electron chi connectivity index (χ3n) is 3.95. The van der Waals surface area contributed by atoms with Crippen LogP contribution in [-0.4, -0.2) is 36.8 Å². The molecule has 0 bridgehead atoms. The molecule has 0 amide bonds. The van der Waals surface area contributed by atoms with Gasteiger partial charge in [0.25, 0.3) is 0 Å². The van der Waals surface area contributed by atoms with Crippen molar-refractivity contribution in [2.24, 2.45) is 5.92 Å². The second-order valence-corrected chi connectivity index (χ2v) is 6.86. The van der Waals surface area contributed by atoms with E-state index in [1.54, 1.807) is 7.05 Å². The van der Waals surface area contributed by atoms with Gasteiger partial charge in [0.2, 0.25) is 10.0 Å². The van der Waals surface area contributed by atoms with Gasteiger partial charge in [-0.1, -0.05) is 6.92 Å². The van der Waals surface area contributed by atoms with Crippen LogP contribution in [-0.2, 0) is 14.8 Å². The van der Waals surface area contributed by atoms with Crippen molar-refractivity contribution in [1.82, 2.24) is 4.31 Å². The number of rotatable bonds is 0. The van der Waals surface area contributed by atoms with E-state index in [0.29, 0.717) is 18.8 Å². The van der Waals surface area contributed by atoms with E-state index in [1.165, 1.54) is 4.31 Å². The minimum Gasteiger partial charge on any atom is -0.296 e. The number of nitrogens with zero attached hydrogens (tertiary/aromatic N) is 1. The number of hydrogen-bond acceptors (Lipinski definition) is 3. The van der Waals surface area contributed by atoms with E-state index in [9.17, 15) is 13.2 Å². The van der Waals surface area contributed by atoms with Gasteiger partial charge in [-0.15, -0.1) is 0 Å². The Labute approximate surface area is 90.7 Å². The number of Topliss-reactive ketones (excluding diaryl/α,β-unsaturated/α-hetero) is 1. The second kappa shape index (κ2) is 3.28. The third kappa shape index (κ3) is 1.52. The Kier molecular flexibility index (Phi) is 2.43. The van der Waals surface area contributed by atoms with E-state index < -0.39 is 15.6 Å². The Morgan fingerprint density at radius 1 is 1.33 bits per heavy atom. The summed E-state index contributed by atoms with van der Waals surface area (Å²) in [5, 5.41) is 0. The molecule has 1 aliphatic heterocycles. The highest BCUT2D eigenvalue weighted by molar-refractivity contribution is 7.90. The fourth-order valence-corrected chi connectivity index (χ4v) is 4.28. The maximum atomic E-state index is 11.9. The number of hydrogen-bond donors (Lipinski definition) is 0. The molecule has 4 nitrogen and oxygen atoms in total. The van der Waals surface area contributed by atoms with Gasteiger partial charge >= 0.3 is 0 Å². The van der Waals surface area contributed by atoms with Crippen LogP contribution in [0.15, 0.2) is 0 Å². The molecule has 1 saturated heterocycles. The molecule has 0 unspecified atom stereocenters. The first kappa shape index (κ1) is 11.1. The topological polar surface area (TPSA) is 54.5 Å². The molecule has 0 aromatic rings. The average Bonchev–Trinajstić information content (AvgIpc) is 2.32. The highest BCUT2D eigenvalue weighted by Crippen LogP contribution is 2.41. The molecule has 5 heteroatoms. The summed E-state index contributed by atoms with van der Waals surface area (Å²) < 4.78 is 24.6. The quantitative estimate of drug-likeness (QED) is 0.619. The highest BCUT2D eigenvalue weighted by Gasteiger charge is 2.54. The van der Waals surface area contributed by atoms with E-state index in [-0.39, 0.29) is 11.5 Å². The van der Waals surface area contributed by atoms with Gasteiger partial charge in [0.15, 0.2) is 5.78 Å². The molecule has 2 fully saturated rings. The van der Waals surface area contributed by atoms with Gasteiger partial charge in [-0.05, 0) is 31.6 Å². The Hall–Kier alpha value is -0.420. The zero-order chi connectivity index (χ0) is 11.3. The summed E-state index contributed by atoms with van der Waals surface area (Å²) in [6.07, 6.45) is 3.29. The van der Waals surface area contributed by atoms with E-state index in [4.69, 9.17) is 0 Å². The lowest BCUT2D eigenvalue weighted by Gasteiger charge is -2.38. The molecule has 1 aliphatic carbocycles. The Morgan fingerprint density at radius 2 is 1.87 bits per heavy atom. The van der Waals surface area contributed by atoms with Gasteiger partial charge in [-0.3, -0.25) is 4.79 Å². The summed E-state index contributed by atoms with van der Waals surface area (Å²) in [6.45, 7) is 2.15. The molecule has 0 radical (unpaired) electrons. The van der Waals surface area contributed by atoms with Crippen molar-refractivity contribution in [3.63, 3.8) is 0 Å². The summed E-state index contributed by atoms with van der Waals surface area (Å²) in [7, 11) is -1.76. The van der Waals surface area contributed by atoms with E-state index in [0.717, 1.165) is 12.8 Å². The second-order valence-electron chi connectivity index (χ2n) is 4.86. The van der Waals surface area contributed by atoms with Gasteiger partial charge in [-0.25, -0.2) is 8.42 Å². The first-order chi connectivity index (χ1) is 6.88. The molecule has 2 aliphatic rings. The molecule has 1 saturated carbocycles. The summed E-state index contributed by atoms with van der Waals surface area (Å²) in [5.41, 5.74) is -0.689. The van der Waals surface area contributed by atoms with Crippen LogP contribution in [0.5, 0.6) is 0 Å². The molecule has 1 heterocycles. The minimum absolute atomic E-state index is 0.100. The van der Waals surface area contributed by atoms with Crippen LogP contribution in [0.2, 0.25) is 0 Å². The van der Waals surface area contributed by atoms with Gasteiger partial charge in [-0.2, -0.15) is 4.31 Å².